The molecule has 1 unspecified atom stereocenters. The standard InChI is InChI=1S/C23H26FN3O/c24-21-9-6-19(7-10-21)8-11-22(18-20-4-2-1-3-5-20)27-16-14-26(15-17-27)13-12-23(25)28/h1-7,9-10,22H,12-18H2,(H2,25,28). The van der Waals surface area contributed by atoms with Gasteiger partial charge in [-0.25, -0.2) is 4.39 Å². The molecule has 1 fully saturated rings. The van der Waals surface area contributed by atoms with E-state index in [2.05, 4.69) is 33.8 Å². The predicted molar refractivity (Wildman–Crippen MR) is 109 cm³/mol. The van der Waals surface area contributed by atoms with Crippen molar-refractivity contribution < 1.29 is 9.18 Å². The third-order valence-electron chi connectivity index (χ3n) is 5.02. The molecule has 1 amide bonds. The number of piperazine rings is 1. The number of halogens is 1. The molecule has 0 spiro atoms. The molecule has 4 nitrogen and oxygen atoms in total. The molecule has 0 bridgehead atoms. The maximum absolute atomic E-state index is 13.1. The van der Waals surface area contributed by atoms with Crippen LogP contribution in [-0.4, -0.2) is 54.5 Å². The first-order chi connectivity index (χ1) is 13.6. The van der Waals surface area contributed by atoms with Crippen LogP contribution in [0.3, 0.4) is 0 Å². The number of rotatable bonds is 6. The van der Waals surface area contributed by atoms with Crippen LogP contribution in [0.1, 0.15) is 17.5 Å². The molecule has 0 radical (unpaired) electrons. The Hall–Kier alpha value is -2.68. The van der Waals surface area contributed by atoms with Crippen molar-refractivity contribution in [3.8, 4) is 11.8 Å². The van der Waals surface area contributed by atoms with Gasteiger partial charge in [-0.2, -0.15) is 0 Å². The van der Waals surface area contributed by atoms with Crippen molar-refractivity contribution in [2.24, 2.45) is 5.73 Å². The third-order valence-corrected chi connectivity index (χ3v) is 5.02. The highest BCUT2D eigenvalue weighted by Crippen LogP contribution is 2.13. The summed E-state index contributed by atoms with van der Waals surface area (Å²) in [6, 6.07) is 16.7. The van der Waals surface area contributed by atoms with Crippen molar-refractivity contribution >= 4 is 5.91 Å². The van der Waals surface area contributed by atoms with Crippen LogP contribution in [0, 0.1) is 17.7 Å². The first-order valence-corrected chi connectivity index (χ1v) is 9.66. The van der Waals surface area contributed by atoms with Crippen LogP contribution < -0.4 is 5.73 Å². The summed E-state index contributed by atoms with van der Waals surface area (Å²) in [6.45, 7) is 4.31. The predicted octanol–water partition coefficient (Wildman–Crippen LogP) is 2.28. The van der Waals surface area contributed by atoms with E-state index in [1.54, 1.807) is 12.1 Å². The normalized spacial score (nSPS) is 16.2. The molecule has 146 valence electrons. The van der Waals surface area contributed by atoms with Crippen molar-refractivity contribution in [3.63, 3.8) is 0 Å². The number of benzene rings is 2. The monoisotopic (exact) mass is 379 g/mol. The minimum atomic E-state index is -0.255. The smallest absolute Gasteiger partial charge is 0.218 e. The Labute approximate surface area is 166 Å². The second kappa shape index (κ2) is 10.0. The summed E-state index contributed by atoms with van der Waals surface area (Å²) in [6.07, 6.45) is 1.24. The van der Waals surface area contributed by atoms with Gasteiger partial charge in [-0.15, -0.1) is 0 Å². The summed E-state index contributed by atoms with van der Waals surface area (Å²) in [5.41, 5.74) is 7.32. The molecule has 2 aromatic rings. The number of hydrogen-bond acceptors (Lipinski definition) is 3. The lowest BCUT2D eigenvalue weighted by molar-refractivity contribution is -0.118. The minimum absolute atomic E-state index is 0.0887. The molecule has 1 aliphatic rings. The molecule has 1 atom stereocenters. The molecule has 2 N–H and O–H groups in total. The summed E-state index contributed by atoms with van der Waals surface area (Å²) >= 11 is 0. The second-order valence-corrected chi connectivity index (χ2v) is 7.08. The zero-order valence-corrected chi connectivity index (χ0v) is 16.0. The fourth-order valence-electron chi connectivity index (χ4n) is 3.38. The van der Waals surface area contributed by atoms with E-state index >= 15 is 0 Å². The lowest BCUT2D eigenvalue weighted by Gasteiger charge is -2.37. The molecule has 3 rings (SSSR count). The Morgan fingerprint density at radius 1 is 1.04 bits per heavy atom. The fourth-order valence-corrected chi connectivity index (χ4v) is 3.38. The van der Waals surface area contributed by atoms with E-state index in [0.29, 0.717) is 13.0 Å². The van der Waals surface area contributed by atoms with Crippen LogP contribution in [0.2, 0.25) is 0 Å². The summed E-state index contributed by atoms with van der Waals surface area (Å²) < 4.78 is 13.1. The maximum Gasteiger partial charge on any atom is 0.218 e. The zero-order chi connectivity index (χ0) is 19.8. The average molecular weight is 379 g/mol. The molecule has 1 aliphatic heterocycles. The van der Waals surface area contributed by atoms with Gasteiger partial charge in [-0.05, 0) is 36.2 Å². The molecule has 0 aliphatic carbocycles. The van der Waals surface area contributed by atoms with Crippen molar-refractivity contribution in [1.29, 1.82) is 0 Å². The van der Waals surface area contributed by atoms with Gasteiger partial charge in [-0.3, -0.25) is 9.69 Å². The van der Waals surface area contributed by atoms with Gasteiger partial charge in [0.1, 0.15) is 5.82 Å². The van der Waals surface area contributed by atoms with E-state index in [9.17, 15) is 9.18 Å². The maximum atomic E-state index is 13.1. The second-order valence-electron chi connectivity index (χ2n) is 7.08. The van der Waals surface area contributed by atoms with Crippen molar-refractivity contribution in [2.75, 3.05) is 32.7 Å². The first kappa shape index (κ1) is 20.1. The van der Waals surface area contributed by atoms with Crippen LogP contribution in [0.15, 0.2) is 54.6 Å². The van der Waals surface area contributed by atoms with E-state index < -0.39 is 0 Å². The van der Waals surface area contributed by atoms with Gasteiger partial charge >= 0.3 is 0 Å². The number of carbonyl (C=O) groups excluding carboxylic acids is 1. The van der Waals surface area contributed by atoms with E-state index in [1.165, 1.54) is 17.7 Å². The summed E-state index contributed by atoms with van der Waals surface area (Å²) in [7, 11) is 0. The van der Waals surface area contributed by atoms with Gasteiger partial charge in [0.15, 0.2) is 0 Å². The zero-order valence-electron chi connectivity index (χ0n) is 16.0. The Morgan fingerprint density at radius 3 is 2.36 bits per heavy atom. The highest BCUT2D eigenvalue weighted by Gasteiger charge is 2.23. The Balaban J connectivity index is 1.68. The highest BCUT2D eigenvalue weighted by molar-refractivity contribution is 5.73. The average Bonchev–Trinajstić information content (AvgIpc) is 2.72. The van der Waals surface area contributed by atoms with E-state index in [1.807, 2.05) is 18.2 Å². The number of carbonyl (C=O) groups is 1. The van der Waals surface area contributed by atoms with E-state index in [4.69, 9.17) is 5.73 Å². The molecule has 1 saturated heterocycles. The lowest BCUT2D eigenvalue weighted by Crippen LogP contribution is -2.51. The lowest BCUT2D eigenvalue weighted by atomic mass is 10.0. The molecule has 28 heavy (non-hydrogen) atoms. The Morgan fingerprint density at radius 2 is 1.71 bits per heavy atom. The fraction of sp³-hybridized carbons (Fsp3) is 0.348. The van der Waals surface area contributed by atoms with Crippen molar-refractivity contribution in [3.05, 3.63) is 71.5 Å². The molecule has 0 saturated carbocycles. The number of nitrogens with zero attached hydrogens (tertiary/aromatic N) is 2. The Bertz CT molecular complexity index is 818. The molecule has 0 aromatic heterocycles. The molecular weight excluding hydrogens is 353 g/mol. The van der Waals surface area contributed by atoms with Gasteiger partial charge in [0.05, 0.1) is 6.04 Å². The van der Waals surface area contributed by atoms with Crippen LogP contribution in [0.25, 0.3) is 0 Å². The highest BCUT2D eigenvalue weighted by atomic mass is 19.1. The van der Waals surface area contributed by atoms with E-state index in [-0.39, 0.29) is 17.8 Å². The van der Waals surface area contributed by atoms with Gasteiger partial charge in [0.2, 0.25) is 5.91 Å². The van der Waals surface area contributed by atoms with Crippen LogP contribution in [0.5, 0.6) is 0 Å². The van der Waals surface area contributed by atoms with Crippen LogP contribution in [0.4, 0.5) is 4.39 Å². The van der Waals surface area contributed by atoms with Gasteiger partial charge in [0.25, 0.3) is 0 Å². The topological polar surface area (TPSA) is 49.6 Å². The molecule has 1 heterocycles. The van der Waals surface area contributed by atoms with Gasteiger partial charge in [-0.1, -0.05) is 42.2 Å². The first-order valence-electron chi connectivity index (χ1n) is 9.66. The van der Waals surface area contributed by atoms with E-state index in [0.717, 1.165) is 38.2 Å². The number of hydrogen-bond donors (Lipinski definition) is 1. The molecular formula is C23H26FN3O. The van der Waals surface area contributed by atoms with Gasteiger partial charge < -0.3 is 10.6 Å². The van der Waals surface area contributed by atoms with Gasteiger partial charge in [0, 0.05) is 44.7 Å². The van der Waals surface area contributed by atoms with Crippen molar-refractivity contribution in [1.82, 2.24) is 9.80 Å². The molecule has 5 heteroatoms. The summed E-state index contributed by atoms with van der Waals surface area (Å²) in [5, 5.41) is 0. The summed E-state index contributed by atoms with van der Waals surface area (Å²) in [5.74, 6) is 6.10. The van der Waals surface area contributed by atoms with Crippen LogP contribution >= 0.6 is 0 Å². The molecule has 2 aromatic carbocycles. The quantitative estimate of drug-likeness (QED) is 0.784. The van der Waals surface area contributed by atoms with Crippen molar-refractivity contribution in [2.45, 2.75) is 18.9 Å². The number of nitrogens with two attached hydrogens (primary N) is 1. The SMILES string of the molecule is NC(=O)CCN1CCN(C(C#Cc2ccc(F)cc2)Cc2ccccc2)CC1. The number of primary amides is 1. The largest absolute Gasteiger partial charge is 0.370 e. The summed E-state index contributed by atoms with van der Waals surface area (Å²) in [4.78, 5) is 15.7. The third kappa shape index (κ3) is 6.19. The van der Waals surface area contributed by atoms with Crippen LogP contribution in [-0.2, 0) is 11.2 Å². The number of amides is 1. The minimum Gasteiger partial charge on any atom is -0.370 e. The Kier molecular flexibility index (Phi) is 7.18.